The van der Waals surface area contributed by atoms with Gasteiger partial charge in [0.15, 0.2) is 0 Å². The maximum absolute atomic E-state index is 12.2. The van der Waals surface area contributed by atoms with E-state index in [-0.39, 0.29) is 11.5 Å². The molecule has 2 N–H and O–H groups in total. The molecule has 0 aliphatic heterocycles. The number of hydrogen-bond donors (Lipinski definition) is 2. The molecule has 1 atom stereocenters. The molecule has 0 saturated carbocycles. The van der Waals surface area contributed by atoms with Crippen LogP contribution in [-0.4, -0.2) is 32.8 Å². The smallest absolute Gasteiger partial charge is 0.240 e. The summed E-state index contributed by atoms with van der Waals surface area (Å²) in [6.45, 7) is 6.36. The molecule has 0 saturated heterocycles. The van der Waals surface area contributed by atoms with Crippen molar-refractivity contribution in [1.29, 1.82) is 0 Å². The maximum atomic E-state index is 12.2. The normalized spacial score (nSPS) is 13.4. The highest BCUT2D eigenvalue weighted by Gasteiger charge is 2.20. The van der Waals surface area contributed by atoms with Crippen molar-refractivity contribution in [3.05, 3.63) is 24.3 Å². The van der Waals surface area contributed by atoms with Crippen LogP contribution < -0.4 is 9.46 Å². The monoisotopic (exact) mass is 315 g/mol. The number of hydrogen-bond acceptors (Lipinski definition) is 4. The predicted molar refractivity (Wildman–Crippen MR) is 82.9 cm³/mol. The Bertz CT molecular complexity index is 511. The van der Waals surface area contributed by atoms with Crippen LogP contribution in [0.25, 0.3) is 0 Å². The molecular formula is C15H25NO4S. The number of nitrogens with one attached hydrogen (secondary N) is 1. The van der Waals surface area contributed by atoms with E-state index in [1.54, 1.807) is 12.1 Å². The van der Waals surface area contributed by atoms with E-state index in [2.05, 4.69) is 4.72 Å². The van der Waals surface area contributed by atoms with Gasteiger partial charge in [-0.2, -0.15) is 0 Å². The Kier molecular flexibility index (Phi) is 7.14. The third-order valence-corrected chi connectivity index (χ3v) is 4.44. The summed E-state index contributed by atoms with van der Waals surface area (Å²) in [4.78, 5) is 0.175. The van der Waals surface area contributed by atoms with E-state index >= 15 is 0 Å². The fourth-order valence-electron chi connectivity index (χ4n) is 1.95. The van der Waals surface area contributed by atoms with Crippen molar-refractivity contribution < 1.29 is 18.3 Å². The van der Waals surface area contributed by atoms with Crippen LogP contribution in [-0.2, 0) is 10.0 Å². The van der Waals surface area contributed by atoms with Crippen LogP contribution in [0.3, 0.4) is 0 Å². The number of rotatable bonds is 9. The van der Waals surface area contributed by atoms with Gasteiger partial charge in [-0.25, -0.2) is 13.1 Å². The summed E-state index contributed by atoms with van der Waals surface area (Å²) < 4.78 is 32.4. The predicted octanol–water partition coefficient (Wildman–Crippen LogP) is 2.16. The number of benzene rings is 1. The highest BCUT2D eigenvalue weighted by Crippen LogP contribution is 2.17. The van der Waals surface area contributed by atoms with Gasteiger partial charge in [0.25, 0.3) is 0 Å². The zero-order chi connectivity index (χ0) is 15.9. The molecule has 0 aliphatic rings. The van der Waals surface area contributed by atoms with E-state index in [1.807, 2.05) is 20.8 Å². The molecule has 6 heteroatoms. The highest BCUT2D eigenvalue weighted by molar-refractivity contribution is 7.89. The molecule has 21 heavy (non-hydrogen) atoms. The fourth-order valence-corrected chi connectivity index (χ4v) is 3.19. The second-order valence-electron chi connectivity index (χ2n) is 5.45. The minimum atomic E-state index is -3.62. The first-order valence-electron chi connectivity index (χ1n) is 7.25. The van der Waals surface area contributed by atoms with Gasteiger partial charge in [0, 0.05) is 6.04 Å². The molecule has 0 fully saturated rings. The summed E-state index contributed by atoms with van der Waals surface area (Å²) in [5, 5.41) is 9.28. The molecule has 0 bridgehead atoms. The first-order valence-corrected chi connectivity index (χ1v) is 8.73. The minimum Gasteiger partial charge on any atom is -0.494 e. The molecular weight excluding hydrogens is 290 g/mol. The van der Waals surface area contributed by atoms with Gasteiger partial charge < -0.3 is 9.84 Å². The zero-order valence-corrected chi connectivity index (χ0v) is 13.7. The van der Waals surface area contributed by atoms with Gasteiger partial charge in [0.2, 0.25) is 10.0 Å². The SMILES string of the molecule is CCCOc1ccc(S(=O)(=O)NC(CO)CC(C)C)cc1. The van der Waals surface area contributed by atoms with Gasteiger partial charge in [-0.1, -0.05) is 20.8 Å². The molecule has 1 unspecified atom stereocenters. The average Bonchev–Trinajstić information content (AvgIpc) is 2.44. The maximum Gasteiger partial charge on any atom is 0.240 e. The van der Waals surface area contributed by atoms with Crippen molar-refractivity contribution >= 4 is 10.0 Å². The first-order chi connectivity index (χ1) is 9.89. The summed E-state index contributed by atoms with van der Waals surface area (Å²) in [5.74, 6) is 0.950. The second kappa shape index (κ2) is 8.36. The lowest BCUT2D eigenvalue weighted by Crippen LogP contribution is -2.38. The van der Waals surface area contributed by atoms with Crippen LogP contribution in [0.15, 0.2) is 29.2 Å². The van der Waals surface area contributed by atoms with Gasteiger partial charge in [0.1, 0.15) is 5.75 Å². The Morgan fingerprint density at radius 2 is 1.86 bits per heavy atom. The minimum absolute atomic E-state index is 0.175. The van der Waals surface area contributed by atoms with Gasteiger partial charge in [-0.05, 0) is 43.0 Å². The summed E-state index contributed by atoms with van der Waals surface area (Å²) >= 11 is 0. The van der Waals surface area contributed by atoms with E-state index in [0.29, 0.717) is 24.7 Å². The zero-order valence-electron chi connectivity index (χ0n) is 12.9. The topological polar surface area (TPSA) is 75.6 Å². The Labute approximate surface area is 127 Å². The van der Waals surface area contributed by atoms with Crippen LogP contribution in [0, 0.1) is 5.92 Å². The van der Waals surface area contributed by atoms with E-state index in [9.17, 15) is 13.5 Å². The first kappa shape index (κ1) is 17.9. The Morgan fingerprint density at radius 1 is 1.24 bits per heavy atom. The Balaban J connectivity index is 2.77. The molecule has 0 heterocycles. The number of sulfonamides is 1. The summed E-state index contributed by atoms with van der Waals surface area (Å²) in [6, 6.07) is 5.83. The van der Waals surface area contributed by atoms with Crippen LogP contribution in [0.1, 0.15) is 33.6 Å². The third-order valence-electron chi connectivity index (χ3n) is 2.91. The average molecular weight is 315 g/mol. The summed E-state index contributed by atoms with van der Waals surface area (Å²) in [5.41, 5.74) is 0. The second-order valence-corrected chi connectivity index (χ2v) is 7.16. The van der Waals surface area contributed by atoms with Gasteiger partial charge >= 0.3 is 0 Å². The molecule has 0 amide bonds. The van der Waals surface area contributed by atoms with Crippen molar-refractivity contribution in [2.24, 2.45) is 5.92 Å². The highest BCUT2D eigenvalue weighted by atomic mass is 32.2. The lowest BCUT2D eigenvalue weighted by molar-refractivity contribution is 0.240. The summed E-state index contributed by atoms with van der Waals surface area (Å²) in [6.07, 6.45) is 1.49. The van der Waals surface area contributed by atoms with Crippen molar-refractivity contribution in [3.8, 4) is 5.75 Å². The van der Waals surface area contributed by atoms with E-state index < -0.39 is 16.1 Å². The lowest BCUT2D eigenvalue weighted by atomic mass is 10.1. The largest absolute Gasteiger partial charge is 0.494 e. The molecule has 0 aromatic heterocycles. The van der Waals surface area contributed by atoms with Gasteiger partial charge in [0.05, 0.1) is 18.1 Å². The third kappa shape index (κ3) is 6.03. The van der Waals surface area contributed by atoms with E-state index in [0.717, 1.165) is 6.42 Å². The standard InChI is InChI=1S/C15H25NO4S/c1-4-9-20-14-5-7-15(8-6-14)21(18,19)16-13(11-17)10-12(2)3/h5-8,12-13,16-17H,4,9-11H2,1-3H3. The molecule has 0 radical (unpaired) electrons. The molecule has 0 aliphatic carbocycles. The van der Waals surface area contributed by atoms with Crippen LogP contribution in [0.2, 0.25) is 0 Å². The Morgan fingerprint density at radius 3 is 2.33 bits per heavy atom. The molecule has 1 aromatic carbocycles. The van der Waals surface area contributed by atoms with Gasteiger partial charge in [-0.3, -0.25) is 0 Å². The van der Waals surface area contributed by atoms with Gasteiger partial charge in [-0.15, -0.1) is 0 Å². The Hall–Kier alpha value is -1.11. The number of ether oxygens (including phenoxy) is 1. The molecule has 5 nitrogen and oxygen atoms in total. The van der Waals surface area contributed by atoms with Crippen molar-refractivity contribution in [1.82, 2.24) is 4.72 Å². The lowest BCUT2D eigenvalue weighted by Gasteiger charge is -2.18. The number of aliphatic hydroxyl groups excluding tert-OH is 1. The van der Waals surface area contributed by atoms with Crippen LogP contribution in [0.4, 0.5) is 0 Å². The van der Waals surface area contributed by atoms with Crippen molar-refractivity contribution in [2.45, 2.75) is 44.6 Å². The molecule has 1 aromatic rings. The molecule has 1 rings (SSSR count). The van der Waals surface area contributed by atoms with E-state index in [1.165, 1.54) is 12.1 Å². The van der Waals surface area contributed by atoms with E-state index in [4.69, 9.17) is 4.74 Å². The molecule has 0 spiro atoms. The van der Waals surface area contributed by atoms with Crippen LogP contribution >= 0.6 is 0 Å². The fraction of sp³-hybridized carbons (Fsp3) is 0.600. The van der Waals surface area contributed by atoms with Crippen molar-refractivity contribution in [2.75, 3.05) is 13.2 Å². The van der Waals surface area contributed by atoms with Crippen molar-refractivity contribution in [3.63, 3.8) is 0 Å². The quantitative estimate of drug-likeness (QED) is 0.732. The molecule has 120 valence electrons. The van der Waals surface area contributed by atoms with Crippen LogP contribution in [0.5, 0.6) is 5.75 Å². The summed E-state index contributed by atoms with van der Waals surface area (Å²) in [7, 11) is -3.62. The number of aliphatic hydroxyl groups is 1.